The highest BCUT2D eigenvalue weighted by molar-refractivity contribution is 7.99. The molecule has 0 atom stereocenters. The second-order valence-electron chi connectivity index (χ2n) is 4.36. The van der Waals surface area contributed by atoms with E-state index in [0.717, 1.165) is 27.0 Å². The van der Waals surface area contributed by atoms with Crippen LogP contribution < -0.4 is 5.32 Å². The molecule has 0 amide bonds. The van der Waals surface area contributed by atoms with Gasteiger partial charge in [-0.05, 0) is 17.7 Å². The molecular weight excluding hydrogens is 272 g/mol. The zero-order valence-corrected chi connectivity index (χ0v) is 11.2. The van der Waals surface area contributed by atoms with Gasteiger partial charge >= 0.3 is 0 Å². The fourth-order valence-electron chi connectivity index (χ4n) is 2.08. The molecule has 1 aliphatic heterocycles. The van der Waals surface area contributed by atoms with E-state index < -0.39 is 0 Å². The van der Waals surface area contributed by atoms with Gasteiger partial charge in [0.05, 0.1) is 12.2 Å². The van der Waals surface area contributed by atoms with Gasteiger partial charge < -0.3 is 5.32 Å². The molecule has 7 heteroatoms. The Morgan fingerprint density at radius 1 is 1.20 bits per heavy atom. The van der Waals surface area contributed by atoms with Crippen LogP contribution in [0.4, 0.5) is 11.5 Å². The molecule has 4 rings (SSSR count). The molecule has 0 aliphatic carbocycles. The lowest BCUT2D eigenvalue weighted by Crippen LogP contribution is -2.05. The van der Waals surface area contributed by atoms with Gasteiger partial charge in [0.15, 0.2) is 5.82 Å². The van der Waals surface area contributed by atoms with Crippen molar-refractivity contribution in [3.05, 3.63) is 48.8 Å². The summed E-state index contributed by atoms with van der Waals surface area (Å²) in [7, 11) is 0. The molecule has 1 aromatic carbocycles. The molecule has 98 valence electrons. The molecule has 0 saturated heterocycles. The molecule has 3 aromatic rings. The minimum atomic E-state index is 0.701. The summed E-state index contributed by atoms with van der Waals surface area (Å²) in [5.41, 5.74) is 2.22. The Bertz CT molecular complexity index is 755. The van der Waals surface area contributed by atoms with Crippen molar-refractivity contribution < 1.29 is 0 Å². The van der Waals surface area contributed by atoms with Gasteiger partial charge in [-0.3, -0.25) is 0 Å². The van der Waals surface area contributed by atoms with Crippen LogP contribution in [0.3, 0.4) is 0 Å². The third kappa shape index (κ3) is 2.01. The van der Waals surface area contributed by atoms with Crippen LogP contribution in [0.1, 0.15) is 5.56 Å². The van der Waals surface area contributed by atoms with Crippen molar-refractivity contribution in [3.63, 3.8) is 0 Å². The molecule has 0 saturated carbocycles. The van der Waals surface area contributed by atoms with Crippen molar-refractivity contribution in [2.75, 3.05) is 5.32 Å². The average molecular weight is 282 g/mol. The van der Waals surface area contributed by atoms with Crippen molar-refractivity contribution >= 4 is 23.3 Å². The third-order valence-corrected chi connectivity index (χ3v) is 4.05. The summed E-state index contributed by atoms with van der Waals surface area (Å²) in [6.45, 7) is 0.701. The topological polar surface area (TPSA) is 68.5 Å². The lowest BCUT2D eigenvalue weighted by atomic mass is 10.2. The Kier molecular flexibility index (Phi) is 2.63. The number of hydrogen-bond donors (Lipinski definition) is 1. The first-order chi connectivity index (χ1) is 9.88. The summed E-state index contributed by atoms with van der Waals surface area (Å²) in [5, 5.41) is 8.34. The normalized spacial score (nSPS) is 12.4. The van der Waals surface area contributed by atoms with E-state index in [1.807, 2.05) is 0 Å². The molecule has 1 aliphatic rings. The van der Waals surface area contributed by atoms with E-state index in [9.17, 15) is 0 Å². The van der Waals surface area contributed by atoms with Crippen molar-refractivity contribution in [3.8, 4) is 0 Å². The number of nitrogens with zero attached hydrogens (tertiary/aromatic N) is 5. The molecule has 0 unspecified atom stereocenters. The predicted octanol–water partition coefficient (Wildman–Crippen LogP) is 2.32. The largest absolute Gasteiger partial charge is 0.337 e. The van der Waals surface area contributed by atoms with Gasteiger partial charge in [0.2, 0.25) is 0 Å². The summed E-state index contributed by atoms with van der Waals surface area (Å²) in [6, 6.07) is 6.30. The smallest absolute Gasteiger partial charge is 0.163 e. The van der Waals surface area contributed by atoms with Crippen LogP contribution in [0.5, 0.6) is 0 Å². The van der Waals surface area contributed by atoms with E-state index in [2.05, 4.69) is 43.6 Å². The first kappa shape index (κ1) is 11.4. The number of benzene rings is 1. The van der Waals surface area contributed by atoms with Crippen LogP contribution in [0, 0.1) is 0 Å². The Balaban J connectivity index is 1.66. The van der Waals surface area contributed by atoms with E-state index in [1.165, 1.54) is 0 Å². The van der Waals surface area contributed by atoms with Crippen molar-refractivity contribution in [2.24, 2.45) is 0 Å². The highest BCUT2D eigenvalue weighted by Gasteiger charge is 2.17. The maximum Gasteiger partial charge on any atom is 0.163 e. The third-order valence-electron chi connectivity index (χ3n) is 2.98. The number of aromatic nitrogens is 5. The fourth-order valence-corrected chi connectivity index (χ4v) is 2.96. The molecule has 3 heterocycles. The second kappa shape index (κ2) is 4.61. The van der Waals surface area contributed by atoms with Crippen molar-refractivity contribution in [1.29, 1.82) is 0 Å². The number of nitrogens with one attached hydrogen (secondary N) is 1. The summed E-state index contributed by atoms with van der Waals surface area (Å²) in [6.07, 6.45) is 6.65. The summed E-state index contributed by atoms with van der Waals surface area (Å²) < 4.78 is 1.80. The van der Waals surface area contributed by atoms with E-state index in [0.29, 0.717) is 6.54 Å². The highest BCUT2D eigenvalue weighted by atomic mass is 32.2. The Morgan fingerprint density at radius 3 is 3.05 bits per heavy atom. The fraction of sp³-hybridized carbons (Fsp3) is 0.0769. The number of fused-ring (bicyclic) bond motifs is 2. The van der Waals surface area contributed by atoms with Crippen molar-refractivity contribution in [2.45, 2.75) is 16.5 Å². The first-order valence-electron chi connectivity index (χ1n) is 6.10. The van der Waals surface area contributed by atoms with Gasteiger partial charge in [-0.1, -0.05) is 17.8 Å². The maximum atomic E-state index is 4.32. The minimum absolute atomic E-state index is 0.701. The molecule has 6 nitrogen and oxygen atoms in total. The van der Waals surface area contributed by atoms with Crippen molar-refractivity contribution in [1.82, 2.24) is 24.7 Å². The number of anilines is 2. The van der Waals surface area contributed by atoms with Gasteiger partial charge in [0, 0.05) is 17.3 Å². The second-order valence-corrected chi connectivity index (χ2v) is 5.39. The van der Waals surface area contributed by atoms with Gasteiger partial charge in [-0.25, -0.2) is 19.6 Å². The maximum absolute atomic E-state index is 4.32. The van der Waals surface area contributed by atoms with Crippen LogP contribution in [0.15, 0.2) is 53.2 Å². The monoisotopic (exact) mass is 282 g/mol. The summed E-state index contributed by atoms with van der Waals surface area (Å²) >= 11 is 1.63. The molecule has 0 spiro atoms. The molecule has 1 N–H and O–H groups in total. The van der Waals surface area contributed by atoms with Crippen LogP contribution >= 0.6 is 11.8 Å². The zero-order valence-electron chi connectivity index (χ0n) is 10.4. The minimum Gasteiger partial charge on any atom is -0.337 e. The molecule has 0 radical (unpaired) electrons. The van der Waals surface area contributed by atoms with Crippen LogP contribution in [0.2, 0.25) is 0 Å². The van der Waals surface area contributed by atoms with Gasteiger partial charge in [0.25, 0.3) is 0 Å². The molecular formula is C13H10N6S. The lowest BCUT2D eigenvalue weighted by molar-refractivity contribution is 0.684. The molecule has 20 heavy (non-hydrogen) atoms. The van der Waals surface area contributed by atoms with E-state index in [-0.39, 0.29) is 0 Å². The standard InChI is InChI=1S/C13H10N6S/c1-2-11-10(5-9(1)6-19-8-14-7-17-19)18-12-13(20-11)16-4-3-15-12/h1-5,7-8H,6H2,(H,15,18). The Morgan fingerprint density at radius 2 is 2.15 bits per heavy atom. The number of rotatable bonds is 2. The van der Waals surface area contributed by atoms with Crippen LogP contribution in [-0.2, 0) is 6.54 Å². The molecule has 0 bridgehead atoms. The van der Waals surface area contributed by atoms with Crippen LogP contribution in [-0.4, -0.2) is 24.7 Å². The first-order valence-corrected chi connectivity index (χ1v) is 6.91. The highest BCUT2D eigenvalue weighted by Crippen LogP contribution is 2.41. The summed E-state index contributed by atoms with van der Waals surface area (Å²) in [5.74, 6) is 0.808. The average Bonchev–Trinajstić information content (AvgIpc) is 2.98. The van der Waals surface area contributed by atoms with Gasteiger partial charge in [-0.15, -0.1) is 0 Å². The van der Waals surface area contributed by atoms with Crippen LogP contribution in [0.25, 0.3) is 0 Å². The van der Waals surface area contributed by atoms with E-state index >= 15 is 0 Å². The number of hydrogen-bond acceptors (Lipinski definition) is 6. The predicted molar refractivity (Wildman–Crippen MR) is 75.0 cm³/mol. The van der Waals surface area contributed by atoms with E-state index in [1.54, 1.807) is 41.5 Å². The van der Waals surface area contributed by atoms with E-state index in [4.69, 9.17) is 0 Å². The zero-order chi connectivity index (χ0) is 13.4. The molecule has 2 aromatic heterocycles. The Labute approximate surface area is 119 Å². The lowest BCUT2D eigenvalue weighted by Gasteiger charge is -2.19. The van der Waals surface area contributed by atoms with Gasteiger partial charge in [-0.2, -0.15) is 5.10 Å². The Hall–Kier alpha value is -2.41. The SMILES string of the molecule is c1cnc2c(n1)Nc1cc(Cn3cncn3)ccc1S2. The molecule has 0 fully saturated rings. The summed E-state index contributed by atoms with van der Waals surface area (Å²) in [4.78, 5) is 13.7. The van der Waals surface area contributed by atoms with Gasteiger partial charge in [0.1, 0.15) is 17.7 Å². The quantitative estimate of drug-likeness (QED) is 0.608.